The van der Waals surface area contributed by atoms with Crippen LogP contribution in [0.1, 0.15) is 0 Å². The molecule has 69 heavy (non-hydrogen) atoms. The monoisotopic (exact) mass is 914 g/mol. The van der Waals surface area contributed by atoms with Gasteiger partial charge in [0.05, 0.1) is 11.0 Å². The van der Waals surface area contributed by atoms with Gasteiger partial charge < -0.3 is 4.57 Å². The van der Waals surface area contributed by atoms with E-state index in [1.54, 1.807) is 0 Å². The van der Waals surface area contributed by atoms with Crippen molar-refractivity contribution in [1.29, 1.82) is 0 Å². The fourth-order valence-corrected chi connectivity index (χ4v) is 16.3. The Bertz CT molecular complexity index is 3850. The maximum atomic E-state index is 5.33. The molecule has 0 bridgehead atoms. The van der Waals surface area contributed by atoms with Crippen molar-refractivity contribution in [2.75, 3.05) is 0 Å². The molecule has 3 heterocycles. The molecule has 0 aliphatic heterocycles. The highest BCUT2D eigenvalue weighted by molar-refractivity contribution is 7.25. The standard InChI is InChI=1S/C63H42N4SSi/c1-4-18-49(19-5-1)69(50-20-6-2-7-21-50,51-22-8-3-9-23-51)52-24-16-17-47(41-52)63-65-61(44-33-31-43(32-34-44)46-37-40-60-56(42-46)55-27-12-15-30-59(55)68-60)64-62(66-63)45-35-38-48(39-36-45)67-57-28-13-10-25-53(57)54-26-11-14-29-58(54)67/h1-42H. The largest absolute Gasteiger partial charge is 0.309 e. The van der Waals surface area contributed by atoms with E-state index >= 15 is 0 Å². The lowest BCUT2D eigenvalue weighted by atomic mass is 10.0. The van der Waals surface area contributed by atoms with Gasteiger partial charge in [0.1, 0.15) is 0 Å². The number of thiophene rings is 1. The molecule has 0 saturated heterocycles. The average Bonchev–Trinajstić information content (AvgIpc) is 3.98. The number of nitrogens with zero attached hydrogens (tertiary/aromatic N) is 4. The number of hydrogen-bond donors (Lipinski definition) is 0. The predicted molar refractivity (Wildman–Crippen MR) is 292 cm³/mol. The van der Waals surface area contributed by atoms with Gasteiger partial charge in [0.15, 0.2) is 25.5 Å². The molecule has 0 fully saturated rings. The fraction of sp³-hybridized carbons (Fsp3) is 0. The van der Waals surface area contributed by atoms with E-state index in [2.05, 4.69) is 259 Å². The summed E-state index contributed by atoms with van der Waals surface area (Å²) < 4.78 is 4.94. The zero-order valence-corrected chi connectivity index (χ0v) is 39.3. The Balaban J connectivity index is 0.961. The Morgan fingerprint density at radius 1 is 0.290 bits per heavy atom. The van der Waals surface area contributed by atoms with Crippen LogP contribution in [-0.4, -0.2) is 27.6 Å². The van der Waals surface area contributed by atoms with Crippen molar-refractivity contribution in [2.24, 2.45) is 0 Å². The van der Waals surface area contributed by atoms with Crippen LogP contribution in [0.2, 0.25) is 0 Å². The zero-order chi connectivity index (χ0) is 45.7. The maximum Gasteiger partial charge on any atom is 0.179 e. The van der Waals surface area contributed by atoms with E-state index in [0.717, 1.165) is 27.9 Å². The second-order valence-corrected chi connectivity index (χ2v) is 22.4. The Hall–Kier alpha value is -8.55. The van der Waals surface area contributed by atoms with Crippen LogP contribution in [0.15, 0.2) is 255 Å². The van der Waals surface area contributed by atoms with Gasteiger partial charge in [0, 0.05) is 53.3 Å². The van der Waals surface area contributed by atoms with E-state index < -0.39 is 8.07 Å². The van der Waals surface area contributed by atoms with Gasteiger partial charge >= 0.3 is 0 Å². The number of aromatic nitrogens is 4. The van der Waals surface area contributed by atoms with E-state index in [1.165, 1.54) is 68.3 Å². The molecule has 0 N–H and O–H groups in total. The first-order chi connectivity index (χ1) is 34.2. The van der Waals surface area contributed by atoms with Crippen LogP contribution in [0.3, 0.4) is 0 Å². The van der Waals surface area contributed by atoms with E-state index in [4.69, 9.17) is 15.0 Å². The molecule has 0 saturated carbocycles. The molecule has 0 aliphatic rings. The normalized spacial score (nSPS) is 11.8. The molecule has 0 radical (unpaired) electrons. The van der Waals surface area contributed by atoms with Crippen LogP contribution in [0.5, 0.6) is 0 Å². The highest BCUT2D eigenvalue weighted by atomic mass is 32.1. The second-order valence-electron chi connectivity index (χ2n) is 17.5. The van der Waals surface area contributed by atoms with Gasteiger partial charge in [0.25, 0.3) is 0 Å². The predicted octanol–water partition coefficient (Wildman–Crippen LogP) is 13.4. The van der Waals surface area contributed by atoms with Crippen molar-refractivity contribution in [1.82, 2.24) is 19.5 Å². The Kier molecular flexibility index (Phi) is 10.00. The molecule has 6 heteroatoms. The van der Waals surface area contributed by atoms with Gasteiger partial charge in [-0.1, -0.05) is 200 Å². The molecule has 0 amide bonds. The first kappa shape index (κ1) is 40.7. The van der Waals surface area contributed by atoms with Crippen molar-refractivity contribution < 1.29 is 0 Å². The molecule has 13 aromatic rings. The lowest BCUT2D eigenvalue weighted by Crippen LogP contribution is -2.74. The highest BCUT2D eigenvalue weighted by Crippen LogP contribution is 2.37. The minimum absolute atomic E-state index is 0.616. The quantitative estimate of drug-likeness (QED) is 0.107. The number of fused-ring (bicyclic) bond motifs is 6. The SMILES string of the molecule is c1ccc([Si](c2ccccc2)(c2ccccc2)c2cccc(-c3nc(-c4ccc(-c5ccc6sc7ccccc7c6c5)cc4)nc(-c4ccc(-n5c6ccccc6c6ccccc65)cc4)n3)c2)cc1. The summed E-state index contributed by atoms with van der Waals surface area (Å²) >= 11 is 1.84. The summed E-state index contributed by atoms with van der Waals surface area (Å²) in [7, 11) is -2.83. The lowest BCUT2D eigenvalue weighted by molar-refractivity contribution is 1.07. The summed E-state index contributed by atoms with van der Waals surface area (Å²) in [4.78, 5) is 15.9. The third kappa shape index (κ3) is 7.00. The smallest absolute Gasteiger partial charge is 0.179 e. The molecular formula is C63H42N4SSi. The topological polar surface area (TPSA) is 43.6 Å². The van der Waals surface area contributed by atoms with Crippen LogP contribution in [-0.2, 0) is 0 Å². The number of benzene rings is 10. The second kappa shape index (κ2) is 17.0. The first-order valence-corrected chi connectivity index (χ1v) is 26.2. The van der Waals surface area contributed by atoms with E-state index in [1.807, 2.05) is 11.3 Å². The van der Waals surface area contributed by atoms with Crippen LogP contribution in [0.4, 0.5) is 0 Å². The molecule has 13 rings (SSSR count). The summed E-state index contributed by atoms with van der Waals surface area (Å²) in [6, 6.07) is 92.1. The van der Waals surface area contributed by atoms with Crippen molar-refractivity contribution >= 4 is 82.1 Å². The van der Waals surface area contributed by atoms with E-state index in [-0.39, 0.29) is 0 Å². The molecule has 10 aromatic carbocycles. The minimum atomic E-state index is -2.83. The van der Waals surface area contributed by atoms with Crippen LogP contribution in [0, 0.1) is 0 Å². The number of hydrogen-bond acceptors (Lipinski definition) is 4. The Labute approximate surface area is 405 Å². The van der Waals surface area contributed by atoms with Gasteiger partial charge in [-0.3, -0.25) is 0 Å². The molecule has 4 nitrogen and oxygen atoms in total. The van der Waals surface area contributed by atoms with Crippen LogP contribution < -0.4 is 20.7 Å². The third-order valence-electron chi connectivity index (χ3n) is 13.6. The van der Waals surface area contributed by atoms with Gasteiger partial charge in [-0.15, -0.1) is 11.3 Å². The number of para-hydroxylation sites is 2. The van der Waals surface area contributed by atoms with Crippen molar-refractivity contribution in [2.45, 2.75) is 0 Å². The molecule has 0 unspecified atom stereocenters. The zero-order valence-electron chi connectivity index (χ0n) is 37.4. The van der Waals surface area contributed by atoms with Crippen molar-refractivity contribution in [3.63, 3.8) is 0 Å². The van der Waals surface area contributed by atoms with Gasteiger partial charge in [-0.25, -0.2) is 15.0 Å². The Morgan fingerprint density at radius 2 is 0.725 bits per heavy atom. The lowest BCUT2D eigenvalue weighted by Gasteiger charge is -2.34. The third-order valence-corrected chi connectivity index (χ3v) is 19.6. The van der Waals surface area contributed by atoms with Crippen molar-refractivity contribution in [3.8, 4) is 51.0 Å². The summed E-state index contributed by atoms with van der Waals surface area (Å²) in [5.74, 6) is 1.86. The van der Waals surface area contributed by atoms with E-state index in [9.17, 15) is 0 Å². The molecule has 0 atom stereocenters. The molecule has 0 spiro atoms. The molecule has 324 valence electrons. The summed E-state index contributed by atoms with van der Waals surface area (Å²) in [6.45, 7) is 0. The van der Waals surface area contributed by atoms with Gasteiger partial charge in [-0.2, -0.15) is 0 Å². The summed E-state index contributed by atoms with van der Waals surface area (Å²) in [5.41, 5.74) is 8.51. The van der Waals surface area contributed by atoms with E-state index in [0.29, 0.717) is 17.5 Å². The first-order valence-electron chi connectivity index (χ1n) is 23.3. The van der Waals surface area contributed by atoms with Crippen LogP contribution in [0.25, 0.3) is 93.0 Å². The fourth-order valence-electron chi connectivity index (χ4n) is 10.4. The van der Waals surface area contributed by atoms with Gasteiger partial charge in [-0.05, 0) is 86.5 Å². The molecule has 3 aromatic heterocycles. The molecular weight excluding hydrogens is 873 g/mol. The highest BCUT2D eigenvalue weighted by Gasteiger charge is 2.41. The summed E-state index contributed by atoms with van der Waals surface area (Å²) in [5, 5.41) is 10.2. The van der Waals surface area contributed by atoms with Gasteiger partial charge in [0.2, 0.25) is 0 Å². The summed E-state index contributed by atoms with van der Waals surface area (Å²) in [6.07, 6.45) is 0. The number of rotatable bonds is 9. The average molecular weight is 915 g/mol. The van der Waals surface area contributed by atoms with Crippen molar-refractivity contribution in [3.05, 3.63) is 255 Å². The minimum Gasteiger partial charge on any atom is -0.309 e. The molecule has 0 aliphatic carbocycles. The van der Waals surface area contributed by atoms with Crippen LogP contribution >= 0.6 is 11.3 Å². The Morgan fingerprint density at radius 3 is 1.30 bits per heavy atom. The maximum absolute atomic E-state index is 5.33.